The first-order valence-corrected chi connectivity index (χ1v) is 8.66. The maximum Gasteiger partial charge on any atom is 0.230 e. The number of carbonyl (C=O) groups is 1. The van der Waals surface area contributed by atoms with Crippen LogP contribution >= 0.6 is 0 Å². The van der Waals surface area contributed by atoms with E-state index in [0.29, 0.717) is 6.61 Å². The molecule has 126 valence electrons. The first-order chi connectivity index (χ1) is 11.1. The summed E-state index contributed by atoms with van der Waals surface area (Å²) >= 11 is 0. The highest BCUT2D eigenvalue weighted by Gasteiger charge is 2.52. The highest BCUT2D eigenvalue weighted by atomic mass is 16.5. The second-order valence-corrected chi connectivity index (χ2v) is 7.26. The molecule has 1 amide bonds. The number of methoxy groups -OCH3 is 1. The Bertz CT molecular complexity index is 555. The normalized spacial score (nSPS) is 21.7. The Kier molecular flexibility index (Phi) is 4.74. The van der Waals surface area contributed by atoms with Crippen molar-refractivity contribution in [3.05, 3.63) is 35.4 Å². The molecule has 1 heterocycles. The zero-order chi connectivity index (χ0) is 16.3. The minimum atomic E-state index is -0.285. The first kappa shape index (κ1) is 16.5. The van der Waals surface area contributed by atoms with Crippen LogP contribution in [0.5, 0.6) is 0 Å². The lowest BCUT2D eigenvalue weighted by atomic mass is 9.79. The average molecular weight is 316 g/mol. The number of ether oxygens (including phenoxy) is 1. The molecule has 0 aromatic heterocycles. The van der Waals surface area contributed by atoms with E-state index in [0.717, 1.165) is 45.3 Å². The summed E-state index contributed by atoms with van der Waals surface area (Å²) in [5.41, 5.74) is 2.21. The summed E-state index contributed by atoms with van der Waals surface area (Å²) in [5, 5.41) is 6.65. The third kappa shape index (κ3) is 3.29. The van der Waals surface area contributed by atoms with E-state index in [1.165, 1.54) is 11.1 Å². The number of hydrogen-bond donors (Lipinski definition) is 2. The van der Waals surface area contributed by atoms with Gasteiger partial charge in [-0.2, -0.15) is 0 Å². The van der Waals surface area contributed by atoms with Gasteiger partial charge >= 0.3 is 0 Å². The molecule has 0 unspecified atom stereocenters. The number of rotatable bonds is 6. The van der Waals surface area contributed by atoms with E-state index < -0.39 is 0 Å². The van der Waals surface area contributed by atoms with Crippen molar-refractivity contribution < 1.29 is 9.53 Å². The fourth-order valence-electron chi connectivity index (χ4n) is 3.93. The molecule has 4 heteroatoms. The maximum atomic E-state index is 12.9. The van der Waals surface area contributed by atoms with Gasteiger partial charge in [-0.1, -0.05) is 24.3 Å². The van der Waals surface area contributed by atoms with Crippen LogP contribution in [-0.4, -0.2) is 39.3 Å². The fraction of sp³-hybridized carbons (Fsp3) is 0.632. The zero-order valence-corrected chi connectivity index (χ0v) is 14.3. The Hall–Kier alpha value is -1.39. The molecule has 0 radical (unpaired) electrons. The van der Waals surface area contributed by atoms with Gasteiger partial charge in [-0.25, -0.2) is 0 Å². The predicted molar refractivity (Wildman–Crippen MR) is 91.5 cm³/mol. The maximum absolute atomic E-state index is 12.9. The Morgan fingerprint density at radius 1 is 1.22 bits per heavy atom. The Morgan fingerprint density at radius 2 is 1.91 bits per heavy atom. The Labute approximate surface area is 139 Å². The summed E-state index contributed by atoms with van der Waals surface area (Å²) in [6.07, 6.45) is 4.03. The van der Waals surface area contributed by atoms with Crippen LogP contribution in [0, 0.1) is 12.3 Å². The van der Waals surface area contributed by atoms with E-state index in [4.69, 9.17) is 4.74 Å². The molecular formula is C19H28N2O2. The summed E-state index contributed by atoms with van der Waals surface area (Å²) in [4.78, 5) is 12.9. The lowest BCUT2D eigenvalue weighted by molar-refractivity contribution is -0.124. The van der Waals surface area contributed by atoms with Crippen LogP contribution in [0.1, 0.15) is 36.8 Å². The van der Waals surface area contributed by atoms with Crippen LogP contribution in [0.3, 0.4) is 0 Å². The van der Waals surface area contributed by atoms with Crippen molar-refractivity contribution in [1.29, 1.82) is 0 Å². The minimum Gasteiger partial charge on any atom is -0.384 e. The highest BCUT2D eigenvalue weighted by Crippen LogP contribution is 2.49. The van der Waals surface area contributed by atoms with E-state index in [9.17, 15) is 4.79 Å². The molecule has 0 bridgehead atoms. The van der Waals surface area contributed by atoms with E-state index >= 15 is 0 Å². The molecular weight excluding hydrogens is 288 g/mol. The van der Waals surface area contributed by atoms with Crippen molar-refractivity contribution in [3.8, 4) is 0 Å². The number of hydrogen-bond acceptors (Lipinski definition) is 3. The van der Waals surface area contributed by atoms with E-state index in [-0.39, 0.29) is 16.7 Å². The first-order valence-electron chi connectivity index (χ1n) is 8.66. The second kappa shape index (κ2) is 6.62. The zero-order valence-electron chi connectivity index (χ0n) is 14.3. The van der Waals surface area contributed by atoms with Crippen molar-refractivity contribution >= 4 is 5.91 Å². The molecule has 1 saturated heterocycles. The second-order valence-electron chi connectivity index (χ2n) is 7.26. The lowest BCUT2D eigenvalue weighted by Gasteiger charge is -2.37. The van der Waals surface area contributed by atoms with E-state index in [2.05, 4.69) is 29.7 Å². The van der Waals surface area contributed by atoms with E-state index in [1.54, 1.807) is 7.11 Å². The molecule has 1 saturated carbocycles. The van der Waals surface area contributed by atoms with Gasteiger partial charge in [-0.15, -0.1) is 0 Å². The third-order valence-electron chi connectivity index (χ3n) is 5.58. The van der Waals surface area contributed by atoms with Gasteiger partial charge in [0.2, 0.25) is 5.91 Å². The van der Waals surface area contributed by atoms with E-state index in [1.807, 2.05) is 12.1 Å². The van der Waals surface area contributed by atoms with Gasteiger partial charge in [0, 0.05) is 19.1 Å². The quantitative estimate of drug-likeness (QED) is 0.845. The molecule has 1 aliphatic heterocycles. The van der Waals surface area contributed by atoms with Gasteiger partial charge in [0.25, 0.3) is 0 Å². The SMILES string of the molecule is COCC1(CNC(=O)C2(c3ccccc3C)CC2)CCNCC1. The van der Waals surface area contributed by atoms with Crippen molar-refractivity contribution in [2.24, 2.45) is 5.41 Å². The number of nitrogens with one attached hydrogen (secondary N) is 2. The summed E-state index contributed by atoms with van der Waals surface area (Å²) in [7, 11) is 1.75. The largest absolute Gasteiger partial charge is 0.384 e. The molecule has 0 spiro atoms. The van der Waals surface area contributed by atoms with Gasteiger partial charge in [0.05, 0.1) is 12.0 Å². The summed E-state index contributed by atoms with van der Waals surface area (Å²) in [6.45, 7) is 5.54. The standard InChI is InChI=1S/C19H28N2O2/c1-15-5-3-4-6-16(15)19(7-8-19)17(22)21-13-18(14-23-2)9-11-20-12-10-18/h3-6,20H,7-14H2,1-2H3,(H,21,22). The van der Waals surface area contributed by atoms with Crippen LogP contribution in [-0.2, 0) is 14.9 Å². The van der Waals surface area contributed by atoms with Crippen LogP contribution in [0.15, 0.2) is 24.3 Å². The van der Waals surface area contributed by atoms with Gasteiger partial charge in [0.1, 0.15) is 0 Å². The monoisotopic (exact) mass is 316 g/mol. The molecule has 2 aliphatic rings. The molecule has 1 aromatic carbocycles. The Balaban J connectivity index is 1.68. The van der Waals surface area contributed by atoms with Crippen LogP contribution in [0.25, 0.3) is 0 Å². The van der Waals surface area contributed by atoms with Crippen molar-refractivity contribution in [1.82, 2.24) is 10.6 Å². The molecule has 2 N–H and O–H groups in total. The van der Waals surface area contributed by atoms with Crippen LogP contribution in [0.2, 0.25) is 0 Å². The molecule has 0 atom stereocenters. The topological polar surface area (TPSA) is 50.4 Å². The number of aryl methyl sites for hydroxylation is 1. The van der Waals surface area contributed by atoms with Gasteiger partial charge in [-0.3, -0.25) is 4.79 Å². The highest BCUT2D eigenvalue weighted by molar-refractivity contribution is 5.91. The number of piperidine rings is 1. The predicted octanol–water partition coefficient (Wildman–Crippen LogP) is 2.16. The van der Waals surface area contributed by atoms with Crippen LogP contribution in [0.4, 0.5) is 0 Å². The Morgan fingerprint density at radius 3 is 2.52 bits per heavy atom. The molecule has 2 fully saturated rings. The molecule has 1 aromatic rings. The smallest absolute Gasteiger partial charge is 0.230 e. The third-order valence-corrected chi connectivity index (χ3v) is 5.58. The summed E-state index contributed by atoms with van der Waals surface area (Å²) < 4.78 is 5.44. The fourth-order valence-corrected chi connectivity index (χ4v) is 3.93. The summed E-state index contributed by atoms with van der Waals surface area (Å²) in [5.74, 6) is 0.195. The molecule has 23 heavy (non-hydrogen) atoms. The number of benzene rings is 1. The van der Waals surface area contributed by atoms with Crippen LogP contribution < -0.4 is 10.6 Å². The van der Waals surface area contributed by atoms with Gasteiger partial charge < -0.3 is 15.4 Å². The van der Waals surface area contributed by atoms with Gasteiger partial charge in [0.15, 0.2) is 0 Å². The van der Waals surface area contributed by atoms with Crippen molar-refractivity contribution in [3.63, 3.8) is 0 Å². The lowest BCUT2D eigenvalue weighted by Crippen LogP contribution is -2.49. The number of amides is 1. The molecule has 4 nitrogen and oxygen atoms in total. The average Bonchev–Trinajstić information content (AvgIpc) is 3.36. The number of carbonyl (C=O) groups excluding carboxylic acids is 1. The minimum absolute atomic E-state index is 0.0808. The van der Waals surface area contributed by atoms with Gasteiger partial charge in [-0.05, 0) is 56.8 Å². The van der Waals surface area contributed by atoms with Crippen molar-refractivity contribution in [2.75, 3.05) is 33.4 Å². The molecule has 1 aliphatic carbocycles. The van der Waals surface area contributed by atoms with Crippen molar-refractivity contribution in [2.45, 2.75) is 38.0 Å². The molecule has 3 rings (SSSR count). The summed E-state index contributed by atoms with van der Waals surface area (Å²) in [6, 6.07) is 8.28.